The summed E-state index contributed by atoms with van der Waals surface area (Å²) in [5.41, 5.74) is 0.171. The van der Waals surface area contributed by atoms with Crippen LogP contribution in [-0.2, 0) is 14.2 Å². The second-order valence-electron chi connectivity index (χ2n) is 5.58. The molecule has 2 fully saturated rings. The normalized spacial score (nSPS) is 32.0. The van der Waals surface area contributed by atoms with Gasteiger partial charge in [0, 0.05) is 44.8 Å². The number of hydrogen-bond donors (Lipinski definition) is 0. The van der Waals surface area contributed by atoms with Gasteiger partial charge in [-0.3, -0.25) is 0 Å². The number of hydrogen-bond acceptors (Lipinski definition) is 3. The maximum absolute atomic E-state index is 6.24. The van der Waals surface area contributed by atoms with Crippen LogP contribution in [0.4, 0.5) is 0 Å². The zero-order chi connectivity index (χ0) is 12.8. The minimum Gasteiger partial charge on any atom is -0.385 e. The lowest BCUT2D eigenvalue weighted by Gasteiger charge is -2.32. The van der Waals surface area contributed by atoms with E-state index in [9.17, 15) is 0 Å². The van der Waals surface area contributed by atoms with Crippen molar-refractivity contribution in [2.24, 2.45) is 11.3 Å². The highest BCUT2D eigenvalue weighted by atomic mass is 35.5. The molecular formula is C14H25ClO3. The Labute approximate surface area is 115 Å². The lowest BCUT2D eigenvalue weighted by atomic mass is 9.78. The third-order valence-electron chi connectivity index (χ3n) is 4.20. The second kappa shape index (κ2) is 7.09. The molecule has 18 heavy (non-hydrogen) atoms. The number of methoxy groups -OCH3 is 1. The molecular weight excluding hydrogens is 252 g/mol. The van der Waals surface area contributed by atoms with Crippen LogP contribution in [0.25, 0.3) is 0 Å². The number of rotatable bonds is 9. The van der Waals surface area contributed by atoms with E-state index in [2.05, 4.69) is 0 Å². The fraction of sp³-hybridized carbons (Fsp3) is 1.00. The summed E-state index contributed by atoms with van der Waals surface area (Å²) in [6.45, 7) is 3.22. The van der Waals surface area contributed by atoms with Crippen LogP contribution in [0.2, 0.25) is 0 Å². The minimum atomic E-state index is 0.171. The van der Waals surface area contributed by atoms with Crippen molar-refractivity contribution in [1.82, 2.24) is 0 Å². The van der Waals surface area contributed by atoms with E-state index < -0.39 is 0 Å². The van der Waals surface area contributed by atoms with Gasteiger partial charge in [-0.05, 0) is 38.0 Å². The van der Waals surface area contributed by atoms with E-state index in [4.69, 9.17) is 25.8 Å². The van der Waals surface area contributed by atoms with Gasteiger partial charge < -0.3 is 14.2 Å². The first kappa shape index (κ1) is 14.6. The van der Waals surface area contributed by atoms with Crippen molar-refractivity contribution in [1.29, 1.82) is 0 Å². The van der Waals surface area contributed by atoms with Gasteiger partial charge in [-0.25, -0.2) is 0 Å². The van der Waals surface area contributed by atoms with Gasteiger partial charge >= 0.3 is 0 Å². The van der Waals surface area contributed by atoms with Crippen LogP contribution >= 0.6 is 11.6 Å². The molecule has 0 N–H and O–H groups in total. The van der Waals surface area contributed by atoms with Crippen LogP contribution in [0.15, 0.2) is 0 Å². The fourth-order valence-corrected chi connectivity index (χ4v) is 3.32. The Morgan fingerprint density at radius 3 is 2.78 bits per heavy atom. The van der Waals surface area contributed by atoms with Gasteiger partial charge in [-0.1, -0.05) is 0 Å². The lowest BCUT2D eigenvalue weighted by molar-refractivity contribution is 0.0166. The van der Waals surface area contributed by atoms with Gasteiger partial charge in [-0.15, -0.1) is 11.6 Å². The number of alkyl halides is 1. The van der Waals surface area contributed by atoms with Crippen molar-refractivity contribution in [3.05, 3.63) is 0 Å². The number of halogens is 1. The molecule has 2 rings (SSSR count). The molecule has 1 heterocycles. The first-order valence-electron chi connectivity index (χ1n) is 7.07. The monoisotopic (exact) mass is 276 g/mol. The second-order valence-corrected chi connectivity index (χ2v) is 5.85. The Morgan fingerprint density at radius 2 is 2.11 bits per heavy atom. The molecule has 1 aliphatic carbocycles. The Bertz CT molecular complexity index is 245. The van der Waals surface area contributed by atoms with Gasteiger partial charge in [0.2, 0.25) is 0 Å². The third kappa shape index (κ3) is 3.60. The molecule has 1 aliphatic heterocycles. The molecule has 0 bridgehead atoms. The SMILES string of the molecule is COCCCOCCC1(CCl)CCOC1C1CC1. The van der Waals surface area contributed by atoms with Gasteiger partial charge in [0.05, 0.1) is 6.10 Å². The molecule has 0 aromatic carbocycles. The van der Waals surface area contributed by atoms with E-state index in [1.54, 1.807) is 7.11 Å². The molecule has 0 amide bonds. The van der Waals surface area contributed by atoms with E-state index in [0.717, 1.165) is 51.6 Å². The molecule has 2 aliphatic rings. The van der Waals surface area contributed by atoms with Crippen molar-refractivity contribution in [2.45, 2.75) is 38.2 Å². The minimum absolute atomic E-state index is 0.171. The van der Waals surface area contributed by atoms with Crippen molar-refractivity contribution < 1.29 is 14.2 Å². The first-order chi connectivity index (χ1) is 8.82. The molecule has 0 aromatic rings. The van der Waals surface area contributed by atoms with Crippen LogP contribution in [0.1, 0.15) is 32.1 Å². The predicted molar refractivity (Wildman–Crippen MR) is 72.2 cm³/mol. The highest BCUT2D eigenvalue weighted by molar-refractivity contribution is 6.18. The Balaban J connectivity index is 1.70. The third-order valence-corrected chi connectivity index (χ3v) is 4.73. The van der Waals surface area contributed by atoms with Crippen molar-refractivity contribution in [3.8, 4) is 0 Å². The molecule has 1 saturated heterocycles. The summed E-state index contributed by atoms with van der Waals surface area (Å²) < 4.78 is 16.6. The quantitative estimate of drug-likeness (QED) is 0.479. The molecule has 4 heteroatoms. The molecule has 0 radical (unpaired) electrons. The van der Waals surface area contributed by atoms with E-state index in [1.807, 2.05) is 0 Å². The van der Waals surface area contributed by atoms with Crippen LogP contribution in [0.3, 0.4) is 0 Å². The predicted octanol–water partition coefficient (Wildman–Crippen LogP) is 2.85. The standard InChI is InChI=1S/C14H25ClO3/c1-16-7-2-8-17-9-5-14(11-15)6-10-18-13(14)12-3-4-12/h12-13H,2-11H2,1H3. The van der Waals surface area contributed by atoms with Gasteiger partial charge in [-0.2, -0.15) is 0 Å². The Kier molecular flexibility index (Phi) is 5.74. The summed E-state index contributed by atoms with van der Waals surface area (Å²) >= 11 is 6.24. The summed E-state index contributed by atoms with van der Waals surface area (Å²) in [6.07, 6.45) is 6.12. The molecule has 2 unspecified atom stereocenters. The maximum atomic E-state index is 6.24. The zero-order valence-electron chi connectivity index (χ0n) is 11.3. The first-order valence-corrected chi connectivity index (χ1v) is 7.60. The van der Waals surface area contributed by atoms with E-state index in [0.29, 0.717) is 12.0 Å². The average molecular weight is 277 g/mol. The van der Waals surface area contributed by atoms with E-state index in [1.165, 1.54) is 12.8 Å². The van der Waals surface area contributed by atoms with Gasteiger partial charge in [0.15, 0.2) is 0 Å². The number of ether oxygens (including phenoxy) is 3. The molecule has 3 nitrogen and oxygen atoms in total. The van der Waals surface area contributed by atoms with Gasteiger partial charge in [0.1, 0.15) is 0 Å². The topological polar surface area (TPSA) is 27.7 Å². The van der Waals surface area contributed by atoms with Crippen molar-refractivity contribution >= 4 is 11.6 Å². The molecule has 1 saturated carbocycles. The van der Waals surface area contributed by atoms with E-state index in [-0.39, 0.29) is 5.41 Å². The highest BCUT2D eigenvalue weighted by Gasteiger charge is 2.50. The molecule has 0 spiro atoms. The van der Waals surface area contributed by atoms with Crippen LogP contribution in [-0.4, -0.2) is 45.5 Å². The Morgan fingerprint density at radius 1 is 1.28 bits per heavy atom. The van der Waals surface area contributed by atoms with Crippen molar-refractivity contribution in [2.75, 3.05) is 39.4 Å². The maximum Gasteiger partial charge on any atom is 0.0672 e. The largest absolute Gasteiger partial charge is 0.385 e. The smallest absolute Gasteiger partial charge is 0.0672 e. The average Bonchev–Trinajstić information content (AvgIpc) is 3.15. The molecule has 2 atom stereocenters. The molecule has 0 aromatic heterocycles. The van der Waals surface area contributed by atoms with Crippen molar-refractivity contribution in [3.63, 3.8) is 0 Å². The van der Waals surface area contributed by atoms with E-state index >= 15 is 0 Å². The van der Waals surface area contributed by atoms with Crippen LogP contribution < -0.4 is 0 Å². The summed E-state index contributed by atoms with van der Waals surface area (Å²) in [6, 6.07) is 0. The van der Waals surface area contributed by atoms with Crippen LogP contribution in [0.5, 0.6) is 0 Å². The zero-order valence-corrected chi connectivity index (χ0v) is 12.1. The summed E-state index contributed by atoms with van der Waals surface area (Å²) in [5, 5.41) is 0. The lowest BCUT2D eigenvalue weighted by Crippen LogP contribution is -2.35. The van der Waals surface area contributed by atoms with Crippen LogP contribution in [0, 0.1) is 11.3 Å². The fourth-order valence-electron chi connectivity index (χ4n) is 2.90. The van der Waals surface area contributed by atoms with Gasteiger partial charge in [0.25, 0.3) is 0 Å². The highest BCUT2D eigenvalue weighted by Crippen LogP contribution is 2.50. The molecule has 106 valence electrons. The summed E-state index contributed by atoms with van der Waals surface area (Å²) in [4.78, 5) is 0. The summed E-state index contributed by atoms with van der Waals surface area (Å²) in [7, 11) is 1.72. The Hall–Kier alpha value is 0.170. The summed E-state index contributed by atoms with van der Waals surface area (Å²) in [5.74, 6) is 1.47.